The van der Waals surface area contributed by atoms with Crippen molar-refractivity contribution in [2.75, 3.05) is 34.3 Å². The molecule has 0 spiro atoms. The summed E-state index contributed by atoms with van der Waals surface area (Å²) in [5.41, 5.74) is 3.32. The average Bonchev–Trinajstić information content (AvgIpc) is 3.49. The quantitative estimate of drug-likeness (QED) is 0.217. The van der Waals surface area contributed by atoms with Gasteiger partial charge < -0.3 is 39.4 Å². The number of alkyl halides is 1. The number of halogens is 1. The molecule has 2 aromatic rings. The largest absolute Gasteiger partial charge is 0.455 e. The van der Waals surface area contributed by atoms with Gasteiger partial charge in [0.25, 0.3) is 5.67 Å². The van der Waals surface area contributed by atoms with Gasteiger partial charge in [-0.3, -0.25) is 9.78 Å². The molecule has 1 aromatic heterocycles. The summed E-state index contributed by atoms with van der Waals surface area (Å²) in [6.45, 7) is 16.3. The van der Waals surface area contributed by atoms with Crippen LogP contribution in [0.3, 0.4) is 0 Å². The number of pyridine rings is 1. The van der Waals surface area contributed by atoms with Gasteiger partial charge in [-0.2, -0.15) is 0 Å². The number of hydrazine groups is 1. The van der Waals surface area contributed by atoms with Gasteiger partial charge in [-0.1, -0.05) is 58.9 Å². The second-order valence-electron chi connectivity index (χ2n) is 18.2. The van der Waals surface area contributed by atoms with Gasteiger partial charge in [-0.15, -0.1) is 0 Å². The SMILES string of the molecule is CC[C@H]1OC(=O)C(C)(F)C(=O)[C@H](C)[C@@H](O[C@@H]2O[C@H](C)C[C@H](N(C)C)[C@H]2O)[C@@](C)(OC)C[C@@H](C)C(N)[C@H](C)[C@H]2N(N(CC)CCCc3cccc4cccnc34)C(=O)O[C@]12C. The molecule has 0 radical (unpaired) electrons. The molecule has 0 aliphatic carbocycles. The number of amides is 1. The smallest absolute Gasteiger partial charge is 0.425 e. The van der Waals surface area contributed by atoms with Crippen molar-refractivity contribution in [1.29, 1.82) is 0 Å². The summed E-state index contributed by atoms with van der Waals surface area (Å²) in [4.78, 5) is 49.2. The van der Waals surface area contributed by atoms with Gasteiger partial charge in [0, 0.05) is 49.8 Å². The van der Waals surface area contributed by atoms with Crippen LogP contribution < -0.4 is 5.73 Å². The van der Waals surface area contributed by atoms with E-state index in [2.05, 4.69) is 11.1 Å². The number of esters is 1. The van der Waals surface area contributed by atoms with Crippen molar-refractivity contribution < 1.29 is 47.6 Å². The number of aliphatic hydroxyl groups excluding tert-OH is 1. The van der Waals surface area contributed by atoms with Gasteiger partial charge in [0.1, 0.15) is 12.2 Å². The van der Waals surface area contributed by atoms with E-state index >= 15 is 4.39 Å². The minimum Gasteiger partial charge on any atom is -0.455 e. The summed E-state index contributed by atoms with van der Waals surface area (Å²) in [6, 6.07) is 8.33. The standard InChI is InChI=1S/C45H70FN5O9/c1-13-33-45(9)37(51(42(55)60-45)50(14-2)23-17-21-31-19-15-18-30-20-16-22-48-35(30)31)28(5)34(47)26(3)25-43(7,56-12)39(29(6)38(53)44(8,46)41(54)58-33)59-40-36(52)32(49(10)11)24-27(4)57-40/h15-16,18-20,22,26-29,32-34,36-37,39-40,52H,13-14,17,21,23-25,47H2,1-12H3/t26-,27-,28+,29+,32+,33-,34?,36-,37-,39-,40+,43+,44?,45-/m1/s1. The fourth-order valence-electron chi connectivity index (χ4n) is 10.1. The Morgan fingerprint density at radius 1 is 1.07 bits per heavy atom. The van der Waals surface area contributed by atoms with Crippen LogP contribution >= 0.6 is 0 Å². The number of hydrogen-bond donors (Lipinski definition) is 2. The molecule has 1 amide bonds. The number of benzene rings is 1. The van der Waals surface area contributed by atoms with E-state index in [0.717, 1.165) is 23.4 Å². The first-order valence-electron chi connectivity index (χ1n) is 21.7. The van der Waals surface area contributed by atoms with Crippen molar-refractivity contribution in [1.82, 2.24) is 19.9 Å². The monoisotopic (exact) mass is 844 g/mol. The van der Waals surface area contributed by atoms with E-state index in [1.807, 2.05) is 76.0 Å². The number of Topliss-reactive ketones (excluding diaryl/α,β-unsaturated/α-hetero) is 1. The van der Waals surface area contributed by atoms with Gasteiger partial charge in [0.05, 0.1) is 29.4 Å². The predicted octanol–water partition coefficient (Wildman–Crippen LogP) is 5.46. The molecule has 1 aromatic carbocycles. The molecule has 14 nitrogen and oxygen atoms in total. The van der Waals surface area contributed by atoms with E-state index in [1.54, 1.807) is 32.0 Å². The number of aryl methyl sites for hydroxylation is 1. The second kappa shape index (κ2) is 19.0. The Morgan fingerprint density at radius 2 is 1.75 bits per heavy atom. The highest BCUT2D eigenvalue weighted by molar-refractivity contribution is 6.07. The Kier molecular flexibility index (Phi) is 15.1. The van der Waals surface area contributed by atoms with E-state index in [4.69, 9.17) is 29.4 Å². The van der Waals surface area contributed by atoms with Crippen LogP contribution in [0.4, 0.5) is 9.18 Å². The van der Waals surface area contributed by atoms with Crippen LogP contribution in [0, 0.1) is 17.8 Å². The average molecular weight is 844 g/mol. The Bertz CT molecular complexity index is 1810. The zero-order valence-corrected chi connectivity index (χ0v) is 37.7. The van der Waals surface area contributed by atoms with Crippen molar-refractivity contribution >= 4 is 28.7 Å². The van der Waals surface area contributed by atoms with Crippen LogP contribution in [0.25, 0.3) is 10.9 Å². The third-order valence-electron chi connectivity index (χ3n) is 13.7. The number of likely N-dealkylation sites (N-methyl/N-ethyl adjacent to an activating group) is 1. The molecule has 4 heterocycles. The molecule has 2 unspecified atom stereocenters. The van der Waals surface area contributed by atoms with Crippen molar-refractivity contribution in [3.05, 3.63) is 42.1 Å². The molecule has 14 atom stereocenters. The summed E-state index contributed by atoms with van der Waals surface area (Å²) in [5, 5.41) is 16.1. The number of ether oxygens (including phenoxy) is 5. The fraction of sp³-hybridized carbons (Fsp3) is 0.733. The van der Waals surface area contributed by atoms with Crippen LogP contribution in [0.15, 0.2) is 36.5 Å². The number of aliphatic hydroxyl groups is 1. The Hall–Kier alpha value is -3.31. The number of nitrogens with two attached hydrogens (primary N) is 1. The molecule has 5 rings (SSSR count). The molecule has 336 valence electrons. The number of aromatic nitrogens is 1. The lowest BCUT2D eigenvalue weighted by Crippen LogP contribution is -2.64. The topological polar surface area (TPSA) is 166 Å². The number of ketones is 1. The number of nitrogens with zero attached hydrogens (tertiary/aromatic N) is 4. The summed E-state index contributed by atoms with van der Waals surface area (Å²) >= 11 is 0. The first-order chi connectivity index (χ1) is 28.2. The van der Waals surface area contributed by atoms with Crippen LogP contribution in [0.2, 0.25) is 0 Å². The zero-order valence-electron chi connectivity index (χ0n) is 37.7. The van der Waals surface area contributed by atoms with E-state index in [-0.39, 0.29) is 30.9 Å². The lowest BCUT2D eigenvalue weighted by molar-refractivity contribution is -0.296. The number of carbonyl (C=O) groups excluding carboxylic acids is 3. The molecule has 0 bridgehead atoms. The minimum atomic E-state index is -3.15. The molecule has 15 heteroatoms. The molecule has 3 aliphatic heterocycles. The van der Waals surface area contributed by atoms with E-state index in [1.165, 1.54) is 14.0 Å². The normalized spacial score (nSPS) is 38.5. The third kappa shape index (κ3) is 9.23. The Labute approximate surface area is 355 Å². The third-order valence-corrected chi connectivity index (χ3v) is 13.7. The fourth-order valence-corrected chi connectivity index (χ4v) is 10.1. The van der Waals surface area contributed by atoms with Crippen LogP contribution in [0.1, 0.15) is 93.6 Å². The number of carbonyl (C=O) groups is 3. The highest BCUT2D eigenvalue weighted by Gasteiger charge is 2.62. The number of hydrogen-bond acceptors (Lipinski definition) is 13. The molecule has 3 fully saturated rings. The van der Waals surface area contributed by atoms with E-state index in [9.17, 15) is 19.5 Å². The maximum Gasteiger partial charge on any atom is 0.425 e. The van der Waals surface area contributed by atoms with Crippen molar-refractivity contribution in [2.24, 2.45) is 23.5 Å². The maximum absolute atomic E-state index is 17.0. The number of methoxy groups -OCH3 is 1. The van der Waals surface area contributed by atoms with Gasteiger partial charge >= 0.3 is 12.1 Å². The second-order valence-corrected chi connectivity index (χ2v) is 18.2. The molecule has 3 saturated heterocycles. The van der Waals surface area contributed by atoms with Gasteiger partial charge in [-0.25, -0.2) is 24.0 Å². The van der Waals surface area contributed by atoms with Crippen LogP contribution in [-0.4, -0.2) is 143 Å². The Balaban J connectivity index is 1.53. The van der Waals surface area contributed by atoms with Crippen LogP contribution in [-0.2, 0) is 39.7 Å². The molecule has 0 saturated carbocycles. The van der Waals surface area contributed by atoms with Crippen molar-refractivity contribution in [3.8, 4) is 0 Å². The Morgan fingerprint density at radius 3 is 2.38 bits per heavy atom. The first-order valence-corrected chi connectivity index (χ1v) is 21.7. The predicted molar refractivity (Wildman–Crippen MR) is 225 cm³/mol. The van der Waals surface area contributed by atoms with E-state index in [0.29, 0.717) is 32.4 Å². The number of rotatable bonds is 11. The van der Waals surface area contributed by atoms with E-state index < -0.39 is 83.2 Å². The maximum atomic E-state index is 17.0. The highest BCUT2D eigenvalue weighted by Crippen LogP contribution is 2.45. The minimum absolute atomic E-state index is 0.146. The molecule has 3 aliphatic rings. The summed E-state index contributed by atoms with van der Waals surface area (Å²) in [5.74, 6) is -4.62. The van der Waals surface area contributed by atoms with Gasteiger partial charge in [-0.05, 0) is 97.4 Å². The van der Waals surface area contributed by atoms with Gasteiger partial charge in [0.15, 0.2) is 17.7 Å². The van der Waals surface area contributed by atoms with Gasteiger partial charge in [0.2, 0.25) is 0 Å². The lowest BCUT2D eigenvalue weighted by atomic mass is 9.72. The number of fused-ring (bicyclic) bond motifs is 2. The van der Waals surface area contributed by atoms with Crippen LogP contribution in [0.5, 0.6) is 0 Å². The molecular formula is C45H70FN5O9. The molecule has 60 heavy (non-hydrogen) atoms. The first kappa shape index (κ1) is 47.7. The van der Waals surface area contributed by atoms with Crippen molar-refractivity contribution in [3.63, 3.8) is 0 Å². The summed E-state index contributed by atoms with van der Waals surface area (Å²) in [6.07, 6.45) is -1.57. The molecule has 3 N–H and O–H groups in total. The molecular weight excluding hydrogens is 774 g/mol. The zero-order chi connectivity index (χ0) is 44.5. The lowest BCUT2D eigenvalue weighted by Gasteiger charge is -2.48. The number of para-hydroxylation sites is 1. The summed E-state index contributed by atoms with van der Waals surface area (Å²) in [7, 11) is 5.18. The summed E-state index contributed by atoms with van der Waals surface area (Å²) < 4.78 is 48.2. The van der Waals surface area contributed by atoms with Crippen molar-refractivity contribution in [2.45, 2.75) is 160 Å². The number of cyclic esters (lactones) is 1. The highest BCUT2D eigenvalue weighted by atomic mass is 19.1.